The van der Waals surface area contributed by atoms with Gasteiger partial charge in [0.15, 0.2) is 11.5 Å². The Bertz CT molecular complexity index is 1140. The average molecular weight is 378 g/mol. The van der Waals surface area contributed by atoms with Crippen molar-refractivity contribution >= 4 is 22.6 Å². The van der Waals surface area contributed by atoms with E-state index in [-0.39, 0.29) is 5.82 Å². The molecule has 28 heavy (non-hydrogen) atoms. The highest BCUT2D eigenvalue weighted by atomic mass is 19.1. The summed E-state index contributed by atoms with van der Waals surface area (Å²) in [5.74, 6) is 0.320. The van der Waals surface area contributed by atoms with Gasteiger partial charge in [0, 0.05) is 53.0 Å². The quantitative estimate of drug-likeness (QED) is 0.539. The first kappa shape index (κ1) is 17.2. The normalized spacial score (nSPS) is 15.5. The lowest BCUT2D eigenvalue weighted by Gasteiger charge is -2.22. The van der Waals surface area contributed by atoms with E-state index in [0.717, 1.165) is 34.3 Å². The summed E-state index contributed by atoms with van der Waals surface area (Å²) in [6.45, 7) is 2.04. The molecule has 1 fully saturated rings. The summed E-state index contributed by atoms with van der Waals surface area (Å²) < 4.78 is 16.4. The lowest BCUT2D eigenvalue weighted by molar-refractivity contribution is 0.461. The number of imidazole rings is 1. The van der Waals surface area contributed by atoms with Crippen molar-refractivity contribution in [3.8, 4) is 11.1 Å². The molecule has 0 atom stereocenters. The van der Waals surface area contributed by atoms with Crippen LogP contribution in [0.15, 0.2) is 30.9 Å². The molecule has 0 amide bonds. The average Bonchev–Trinajstić information content (AvgIpc) is 3.32. The molecule has 0 bridgehead atoms. The van der Waals surface area contributed by atoms with E-state index in [1.807, 2.05) is 29.9 Å². The lowest BCUT2D eigenvalue weighted by Crippen LogP contribution is -2.23. The summed E-state index contributed by atoms with van der Waals surface area (Å²) in [7, 11) is 0. The molecule has 0 radical (unpaired) electrons. The third-order valence-corrected chi connectivity index (χ3v) is 5.68. The summed E-state index contributed by atoms with van der Waals surface area (Å²) >= 11 is 0. The molecule has 0 aromatic carbocycles. The maximum Gasteiger partial charge on any atom is 0.224 e. The van der Waals surface area contributed by atoms with Gasteiger partial charge in [-0.3, -0.25) is 0 Å². The zero-order chi connectivity index (χ0) is 19.1. The number of H-pyrrole nitrogens is 1. The number of aromatic amines is 1. The molecule has 4 aromatic heterocycles. The van der Waals surface area contributed by atoms with Gasteiger partial charge in [0.05, 0.1) is 0 Å². The number of nitrogens with zero attached hydrogens (tertiary/aromatic N) is 4. The Kier molecular flexibility index (Phi) is 4.22. The minimum Gasteiger partial charge on any atom is -0.351 e. The summed E-state index contributed by atoms with van der Waals surface area (Å²) in [4.78, 5) is 16.5. The fourth-order valence-electron chi connectivity index (χ4n) is 4.15. The van der Waals surface area contributed by atoms with Crippen LogP contribution in [0.3, 0.4) is 0 Å². The third-order valence-electron chi connectivity index (χ3n) is 5.68. The maximum atomic E-state index is 14.6. The minimum atomic E-state index is -0.331. The number of hydrogen-bond donors (Lipinski definition) is 2. The summed E-state index contributed by atoms with van der Waals surface area (Å²) in [6.07, 6.45) is 14.3. The molecule has 4 aromatic rings. The van der Waals surface area contributed by atoms with Crippen molar-refractivity contribution in [1.82, 2.24) is 24.3 Å². The highest BCUT2D eigenvalue weighted by molar-refractivity contribution is 5.93. The topological polar surface area (TPSA) is 70.9 Å². The molecular weight excluding hydrogens is 355 g/mol. The van der Waals surface area contributed by atoms with Crippen LogP contribution in [-0.4, -0.2) is 30.4 Å². The Morgan fingerprint density at radius 1 is 1.21 bits per heavy atom. The lowest BCUT2D eigenvalue weighted by atomic mass is 9.96. The van der Waals surface area contributed by atoms with Crippen LogP contribution >= 0.6 is 0 Å². The second-order valence-corrected chi connectivity index (χ2v) is 7.51. The fraction of sp³-hybridized carbons (Fsp3) is 0.381. The van der Waals surface area contributed by atoms with Crippen LogP contribution in [0.25, 0.3) is 27.8 Å². The third kappa shape index (κ3) is 2.91. The molecule has 144 valence electrons. The number of aryl methyl sites for hydroxylation is 1. The molecule has 1 aliphatic carbocycles. The molecule has 0 saturated heterocycles. The van der Waals surface area contributed by atoms with E-state index in [9.17, 15) is 4.39 Å². The van der Waals surface area contributed by atoms with Crippen molar-refractivity contribution < 1.29 is 4.39 Å². The Morgan fingerprint density at radius 3 is 2.89 bits per heavy atom. The van der Waals surface area contributed by atoms with Gasteiger partial charge in [0.25, 0.3) is 0 Å². The summed E-state index contributed by atoms with van der Waals surface area (Å²) in [5, 5.41) is 4.33. The molecule has 6 nitrogen and oxygen atoms in total. The van der Waals surface area contributed by atoms with Gasteiger partial charge in [-0.2, -0.15) is 4.98 Å². The van der Waals surface area contributed by atoms with Gasteiger partial charge in [-0.05, 0) is 25.3 Å². The zero-order valence-electron chi connectivity index (χ0n) is 15.9. The largest absolute Gasteiger partial charge is 0.351 e. The van der Waals surface area contributed by atoms with Crippen LogP contribution in [0.2, 0.25) is 0 Å². The second kappa shape index (κ2) is 6.89. The maximum absolute atomic E-state index is 14.6. The van der Waals surface area contributed by atoms with Gasteiger partial charge in [-0.25, -0.2) is 14.4 Å². The number of anilines is 1. The van der Waals surface area contributed by atoms with Crippen LogP contribution in [-0.2, 0) is 6.42 Å². The molecule has 5 rings (SSSR count). The highest BCUT2D eigenvalue weighted by Crippen LogP contribution is 2.30. The van der Waals surface area contributed by atoms with E-state index in [4.69, 9.17) is 0 Å². The van der Waals surface area contributed by atoms with E-state index >= 15 is 0 Å². The van der Waals surface area contributed by atoms with Crippen LogP contribution in [0.4, 0.5) is 10.3 Å². The van der Waals surface area contributed by atoms with Gasteiger partial charge < -0.3 is 14.7 Å². The first-order valence-electron chi connectivity index (χ1n) is 9.99. The van der Waals surface area contributed by atoms with Crippen molar-refractivity contribution in [1.29, 1.82) is 0 Å². The van der Waals surface area contributed by atoms with Crippen molar-refractivity contribution in [3.05, 3.63) is 42.4 Å². The van der Waals surface area contributed by atoms with E-state index < -0.39 is 0 Å². The molecular formula is C21H23FN6. The summed E-state index contributed by atoms with van der Waals surface area (Å²) in [5.41, 5.74) is 3.75. The number of rotatable bonds is 4. The van der Waals surface area contributed by atoms with Crippen LogP contribution < -0.4 is 5.32 Å². The molecule has 0 spiro atoms. The van der Waals surface area contributed by atoms with E-state index in [1.54, 1.807) is 6.20 Å². The number of hydrogen-bond acceptors (Lipinski definition) is 4. The predicted molar refractivity (Wildman–Crippen MR) is 108 cm³/mol. The number of nitrogens with one attached hydrogen (secondary N) is 2. The monoisotopic (exact) mass is 378 g/mol. The van der Waals surface area contributed by atoms with Crippen molar-refractivity contribution in [2.75, 3.05) is 5.32 Å². The van der Waals surface area contributed by atoms with Crippen molar-refractivity contribution in [2.45, 2.75) is 51.5 Å². The van der Waals surface area contributed by atoms with Gasteiger partial charge in [-0.15, -0.1) is 0 Å². The van der Waals surface area contributed by atoms with Crippen LogP contribution in [0, 0.1) is 5.82 Å². The minimum absolute atomic E-state index is 0.331. The predicted octanol–water partition coefficient (Wildman–Crippen LogP) is 4.72. The van der Waals surface area contributed by atoms with Gasteiger partial charge in [-0.1, -0.05) is 26.2 Å². The molecule has 1 aliphatic rings. The Labute approximate surface area is 162 Å². The fourth-order valence-corrected chi connectivity index (χ4v) is 4.15. The molecule has 2 N–H and O–H groups in total. The van der Waals surface area contributed by atoms with Crippen LogP contribution in [0.5, 0.6) is 0 Å². The Hall–Kier alpha value is -2.96. The summed E-state index contributed by atoms with van der Waals surface area (Å²) in [6, 6.07) is 1.98. The number of pyridine rings is 1. The van der Waals surface area contributed by atoms with Gasteiger partial charge in [0.2, 0.25) is 5.95 Å². The van der Waals surface area contributed by atoms with E-state index in [0.29, 0.717) is 17.6 Å². The molecule has 4 heterocycles. The molecule has 0 aliphatic heterocycles. The number of fused-ring (bicyclic) bond motifs is 2. The smallest absolute Gasteiger partial charge is 0.224 e. The highest BCUT2D eigenvalue weighted by Gasteiger charge is 2.16. The van der Waals surface area contributed by atoms with E-state index in [1.165, 1.54) is 38.2 Å². The van der Waals surface area contributed by atoms with E-state index in [2.05, 4.69) is 25.3 Å². The first-order chi connectivity index (χ1) is 13.7. The Balaban J connectivity index is 1.52. The van der Waals surface area contributed by atoms with Crippen molar-refractivity contribution in [2.24, 2.45) is 0 Å². The molecule has 0 unspecified atom stereocenters. The first-order valence-corrected chi connectivity index (χ1v) is 9.99. The zero-order valence-corrected chi connectivity index (χ0v) is 15.9. The van der Waals surface area contributed by atoms with Crippen molar-refractivity contribution in [3.63, 3.8) is 0 Å². The SMILES string of the molecule is CCc1cnc2c(F)cc(-c3c[nH]c4nc(NC5CCCCC5)ncc34)cn12. The molecule has 1 saturated carbocycles. The molecule has 7 heteroatoms. The van der Waals surface area contributed by atoms with Gasteiger partial charge in [0.1, 0.15) is 5.65 Å². The second-order valence-electron chi connectivity index (χ2n) is 7.51. The number of halogens is 1. The standard InChI is InChI=1S/C21H23FN6/c1-2-15-9-24-20-18(22)8-13(12-28(15)20)16-10-23-19-17(16)11-25-21(27-19)26-14-6-4-3-5-7-14/h8-12,14H,2-7H2,1H3,(H2,23,25,26,27). The van der Waals surface area contributed by atoms with Gasteiger partial charge >= 0.3 is 0 Å². The van der Waals surface area contributed by atoms with Crippen LogP contribution in [0.1, 0.15) is 44.7 Å². The Morgan fingerprint density at radius 2 is 2.07 bits per heavy atom. The number of aromatic nitrogens is 5.